The fraction of sp³-hybridized carbons (Fsp3) is 0.143. The Hall–Kier alpha value is -1.89. The monoisotopic (exact) mass is 201 g/mol. The standard InChI is InChI=1S/C7H6FN2O4/c1-14-7-2-4(8)6(10(12)13)3-5(7)9-11/h2-3,9H,1H3/q-1. The van der Waals surface area contributed by atoms with Crippen LogP contribution in [0.4, 0.5) is 15.8 Å². The Morgan fingerprint density at radius 3 is 2.64 bits per heavy atom. The molecule has 0 atom stereocenters. The fourth-order valence-electron chi connectivity index (χ4n) is 0.932. The Balaban J connectivity index is 3.30. The fourth-order valence-corrected chi connectivity index (χ4v) is 0.932. The maximum atomic E-state index is 13.0. The van der Waals surface area contributed by atoms with Crippen molar-refractivity contribution in [1.29, 1.82) is 0 Å². The van der Waals surface area contributed by atoms with E-state index in [9.17, 15) is 19.7 Å². The number of nitrogens with one attached hydrogen (secondary N) is 1. The van der Waals surface area contributed by atoms with Gasteiger partial charge in [-0.25, -0.2) is 0 Å². The predicted molar refractivity (Wildman–Crippen MR) is 46.6 cm³/mol. The van der Waals surface area contributed by atoms with Gasteiger partial charge in [0.05, 0.1) is 17.7 Å². The average Bonchev–Trinajstić information content (AvgIpc) is 2.16. The number of ether oxygens (including phenoxy) is 1. The molecule has 0 bridgehead atoms. The van der Waals surface area contributed by atoms with Gasteiger partial charge in [-0.05, 0) is 0 Å². The lowest BCUT2D eigenvalue weighted by Crippen LogP contribution is -1.98. The van der Waals surface area contributed by atoms with Crippen molar-refractivity contribution in [2.75, 3.05) is 12.6 Å². The first-order valence-electron chi connectivity index (χ1n) is 3.50. The third-order valence-electron chi connectivity index (χ3n) is 1.58. The van der Waals surface area contributed by atoms with Gasteiger partial charge >= 0.3 is 5.69 Å². The van der Waals surface area contributed by atoms with Gasteiger partial charge < -0.3 is 15.4 Å². The summed E-state index contributed by atoms with van der Waals surface area (Å²) in [6.45, 7) is 0. The van der Waals surface area contributed by atoms with Crippen LogP contribution in [0.5, 0.6) is 5.75 Å². The van der Waals surface area contributed by atoms with E-state index in [-0.39, 0.29) is 11.4 Å². The van der Waals surface area contributed by atoms with E-state index < -0.39 is 16.4 Å². The molecular formula is C7H6FN2O4-. The van der Waals surface area contributed by atoms with Crippen molar-refractivity contribution in [3.05, 3.63) is 33.3 Å². The second kappa shape index (κ2) is 3.88. The van der Waals surface area contributed by atoms with Crippen molar-refractivity contribution in [2.45, 2.75) is 0 Å². The number of methoxy groups -OCH3 is 1. The zero-order valence-corrected chi connectivity index (χ0v) is 7.11. The van der Waals surface area contributed by atoms with Crippen molar-refractivity contribution in [3.63, 3.8) is 0 Å². The highest BCUT2D eigenvalue weighted by Gasteiger charge is 2.17. The van der Waals surface area contributed by atoms with Gasteiger partial charge in [0.1, 0.15) is 5.75 Å². The van der Waals surface area contributed by atoms with E-state index in [4.69, 9.17) is 0 Å². The molecule has 0 spiro atoms. The lowest BCUT2D eigenvalue weighted by atomic mass is 10.2. The van der Waals surface area contributed by atoms with Crippen LogP contribution in [-0.4, -0.2) is 12.0 Å². The quantitative estimate of drug-likeness (QED) is 0.593. The molecule has 0 unspecified atom stereocenters. The summed E-state index contributed by atoms with van der Waals surface area (Å²) in [7, 11) is 1.22. The van der Waals surface area contributed by atoms with E-state index in [1.165, 1.54) is 12.6 Å². The highest BCUT2D eigenvalue weighted by molar-refractivity contribution is 5.62. The lowest BCUT2D eigenvalue weighted by molar-refractivity contribution is -0.387. The lowest BCUT2D eigenvalue weighted by Gasteiger charge is -2.13. The van der Waals surface area contributed by atoms with Gasteiger partial charge in [0.25, 0.3) is 0 Å². The van der Waals surface area contributed by atoms with Gasteiger partial charge in [-0.1, -0.05) is 0 Å². The van der Waals surface area contributed by atoms with Crippen LogP contribution >= 0.6 is 0 Å². The second-order valence-corrected chi connectivity index (χ2v) is 2.36. The summed E-state index contributed by atoms with van der Waals surface area (Å²) in [5.41, 5.74) is 0.469. The first-order valence-corrected chi connectivity index (χ1v) is 3.50. The molecule has 7 heteroatoms. The first kappa shape index (κ1) is 10.2. The molecule has 0 fully saturated rings. The summed E-state index contributed by atoms with van der Waals surface area (Å²) in [6, 6.07) is 1.56. The normalized spacial score (nSPS) is 9.64. The molecule has 0 saturated heterocycles. The molecule has 1 N–H and O–H groups in total. The SMILES string of the molecule is COc1cc(F)c([N+](=O)[O-])cc1N[O-]. The zero-order chi connectivity index (χ0) is 10.7. The van der Waals surface area contributed by atoms with Crippen LogP contribution in [0.25, 0.3) is 0 Å². The van der Waals surface area contributed by atoms with E-state index in [0.717, 1.165) is 12.1 Å². The molecule has 6 nitrogen and oxygen atoms in total. The molecule has 0 aliphatic rings. The van der Waals surface area contributed by atoms with Gasteiger partial charge in [0.15, 0.2) is 0 Å². The maximum absolute atomic E-state index is 13.0. The molecule has 0 amide bonds. The van der Waals surface area contributed by atoms with E-state index >= 15 is 0 Å². The number of rotatable bonds is 3. The summed E-state index contributed by atoms with van der Waals surface area (Å²) in [4.78, 5) is 9.36. The molecular weight excluding hydrogens is 195 g/mol. The number of nitrogens with zero attached hydrogens (tertiary/aromatic N) is 1. The van der Waals surface area contributed by atoms with E-state index in [2.05, 4.69) is 4.74 Å². The highest BCUT2D eigenvalue weighted by atomic mass is 19.1. The van der Waals surface area contributed by atoms with Crippen molar-refractivity contribution in [2.24, 2.45) is 0 Å². The van der Waals surface area contributed by atoms with Crippen LogP contribution in [0.3, 0.4) is 0 Å². The number of hydrogen-bond acceptors (Lipinski definition) is 5. The van der Waals surface area contributed by atoms with Gasteiger partial charge in [-0.2, -0.15) is 4.39 Å². The summed E-state index contributed by atoms with van der Waals surface area (Å²) >= 11 is 0. The minimum atomic E-state index is -1.05. The zero-order valence-electron chi connectivity index (χ0n) is 7.11. The molecule has 76 valence electrons. The molecule has 0 aliphatic heterocycles. The van der Waals surface area contributed by atoms with Crippen LogP contribution in [0.15, 0.2) is 12.1 Å². The summed E-state index contributed by atoms with van der Waals surface area (Å²) in [5, 5.41) is 20.6. The molecule has 1 rings (SSSR count). The minimum Gasteiger partial charge on any atom is -0.761 e. The third-order valence-corrected chi connectivity index (χ3v) is 1.58. The van der Waals surface area contributed by atoms with Crippen molar-refractivity contribution in [1.82, 2.24) is 0 Å². The Kier molecular flexibility index (Phi) is 2.82. The first-order chi connectivity index (χ1) is 6.60. The Morgan fingerprint density at radius 1 is 1.57 bits per heavy atom. The number of nitro benzene ring substituents is 1. The summed E-state index contributed by atoms with van der Waals surface area (Å²) in [6.07, 6.45) is 0. The molecule has 0 heterocycles. The van der Waals surface area contributed by atoms with Gasteiger partial charge in [0.2, 0.25) is 5.82 Å². The molecule has 0 aliphatic carbocycles. The van der Waals surface area contributed by atoms with Crippen molar-refractivity contribution < 1.29 is 14.1 Å². The average molecular weight is 201 g/mol. The van der Waals surface area contributed by atoms with E-state index in [1.54, 1.807) is 0 Å². The number of benzene rings is 1. The Labute approximate surface area is 78.0 Å². The highest BCUT2D eigenvalue weighted by Crippen LogP contribution is 2.31. The van der Waals surface area contributed by atoms with Gasteiger partial charge in [0, 0.05) is 12.1 Å². The van der Waals surface area contributed by atoms with Crippen molar-refractivity contribution in [3.8, 4) is 5.75 Å². The van der Waals surface area contributed by atoms with Crippen molar-refractivity contribution >= 4 is 11.4 Å². The van der Waals surface area contributed by atoms with Crippen LogP contribution < -0.4 is 10.2 Å². The summed E-state index contributed by atoms with van der Waals surface area (Å²) < 4.78 is 17.6. The van der Waals surface area contributed by atoms with E-state index in [0.29, 0.717) is 0 Å². The minimum absolute atomic E-state index is 0.0805. The number of nitro groups is 1. The molecule has 0 aromatic heterocycles. The van der Waals surface area contributed by atoms with E-state index in [1.807, 2.05) is 0 Å². The molecule has 14 heavy (non-hydrogen) atoms. The van der Waals surface area contributed by atoms with Gasteiger partial charge in [-0.15, -0.1) is 0 Å². The number of halogens is 1. The van der Waals surface area contributed by atoms with Crippen LogP contribution in [0, 0.1) is 21.1 Å². The smallest absolute Gasteiger partial charge is 0.307 e. The van der Waals surface area contributed by atoms with Gasteiger partial charge in [-0.3, -0.25) is 10.1 Å². The van der Waals surface area contributed by atoms with Crippen LogP contribution in [0.2, 0.25) is 0 Å². The predicted octanol–water partition coefficient (Wildman–Crippen LogP) is 1.65. The number of hydrogen-bond donors (Lipinski definition) is 1. The van der Waals surface area contributed by atoms with Crippen LogP contribution in [-0.2, 0) is 0 Å². The Morgan fingerprint density at radius 2 is 2.21 bits per heavy atom. The molecule has 1 aromatic carbocycles. The summed E-state index contributed by atoms with van der Waals surface area (Å²) in [5.74, 6) is -1.13. The maximum Gasteiger partial charge on any atom is 0.307 e. The Bertz CT molecular complexity index is 369. The molecule has 1 aromatic rings. The third kappa shape index (κ3) is 1.72. The molecule has 0 radical (unpaired) electrons. The number of anilines is 1. The van der Waals surface area contributed by atoms with Crippen LogP contribution in [0.1, 0.15) is 0 Å². The molecule has 0 saturated carbocycles. The topological polar surface area (TPSA) is 87.5 Å². The second-order valence-electron chi connectivity index (χ2n) is 2.36. The largest absolute Gasteiger partial charge is 0.761 e.